The van der Waals surface area contributed by atoms with Crippen molar-refractivity contribution in [2.45, 2.75) is 6.92 Å². The minimum atomic E-state index is 0.409. The number of hydrogen-bond acceptors (Lipinski definition) is 7. The Kier molecular flexibility index (Phi) is 5.66. The number of nitriles is 1. The molecule has 0 saturated heterocycles. The largest absolute Gasteiger partial charge is 0.490 e. The maximum absolute atomic E-state index is 9.25. The van der Waals surface area contributed by atoms with Crippen LogP contribution in [-0.2, 0) is 0 Å². The summed E-state index contributed by atoms with van der Waals surface area (Å²) in [7, 11) is 0. The topological polar surface area (TPSA) is 112 Å². The standard InChI is InChI=1S/C17H16BrN7O/c1-11-8-16(25-24-11)22-15-5-2-12(9-19)17(23-15)20-6-7-26-13-3-4-14(18)21-10-13/h2-5,8,10H,6-7H2,1H3,(H3,20,22,23,24,25). The Bertz CT molecular complexity index is 918. The van der Waals surface area contributed by atoms with Gasteiger partial charge in [-0.1, -0.05) is 0 Å². The number of aryl methyl sites for hydroxylation is 1. The predicted molar refractivity (Wildman–Crippen MR) is 101 cm³/mol. The van der Waals surface area contributed by atoms with Gasteiger partial charge in [0.15, 0.2) is 5.82 Å². The lowest BCUT2D eigenvalue weighted by Crippen LogP contribution is -2.13. The molecule has 0 saturated carbocycles. The molecular formula is C17H16BrN7O. The molecule has 3 heterocycles. The van der Waals surface area contributed by atoms with E-state index in [-0.39, 0.29) is 0 Å². The quantitative estimate of drug-likeness (QED) is 0.401. The van der Waals surface area contributed by atoms with Crippen LogP contribution in [0, 0.1) is 18.3 Å². The molecule has 0 aliphatic carbocycles. The van der Waals surface area contributed by atoms with E-state index in [2.05, 4.69) is 52.8 Å². The van der Waals surface area contributed by atoms with Gasteiger partial charge in [0, 0.05) is 11.8 Å². The van der Waals surface area contributed by atoms with Crippen molar-refractivity contribution in [1.82, 2.24) is 20.2 Å². The van der Waals surface area contributed by atoms with Crippen LogP contribution >= 0.6 is 15.9 Å². The van der Waals surface area contributed by atoms with Crippen LogP contribution in [0.2, 0.25) is 0 Å². The zero-order valence-corrected chi connectivity index (χ0v) is 15.5. The first-order chi connectivity index (χ1) is 12.6. The van der Waals surface area contributed by atoms with Crippen LogP contribution in [0.4, 0.5) is 17.5 Å². The summed E-state index contributed by atoms with van der Waals surface area (Å²) >= 11 is 3.28. The van der Waals surface area contributed by atoms with Crippen LogP contribution in [0.1, 0.15) is 11.3 Å². The van der Waals surface area contributed by atoms with E-state index in [0.29, 0.717) is 41.9 Å². The van der Waals surface area contributed by atoms with Crippen molar-refractivity contribution in [2.75, 3.05) is 23.8 Å². The van der Waals surface area contributed by atoms with Gasteiger partial charge in [-0.05, 0) is 47.1 Å². The maximum atomic E-state index is 9.25. The number of ether oxygens (including phenoxy) is 1. The van der Waals surface area contributed by atoms with Crippen LogP contribution in [0.15, 0.2) is 41.1 Å². The third-order valence-corrected chi connectivity index (χ3v) is 3.81. The van der Waals surface area contributed by atoms with Gasteiger partial charge in [0.1, 0.15) is 34.7 Å². The number of hydrogen-bond donors (Lipinski definition) is 3. The fraction of sp³-hybridized carbons (Fsp3) is 0.176. The smallest absolute Gasteiger partial charge is 0.153 e. The lowest BCUT2D eigenvalue weighted by Gasteiger charge is -2.10. The Balaban J connectivity index is 1.59. The molecule has 3 aromatic heterocycles. The Labute approximate surface area is 158 Å². The summed E-state index contributed by atoms with van der Waals surface area (Å²) in [4.78, 5) is 8.53. The summed E-state index contributed by atoms with van der Waals surface area (Å²) < 4.78 is 6.35. The van der Waals surface area contributed by atoms with Crippen LogP contribution in [-0.4, -0.2) is 33.3 Å². The highest BCUT2D eigenvalue weighted by atomic mass is 79.9. The zero-order valence-electron chi connectivity index (χ0n) is 14.0. The second-order valence-electron chi connectivity index (χ2n) is 5.36. The molecule has 132 valence electrons. The average molecular weight is 414 g/mol. The Morgan fingerprint density at radius 1 is 1.27 bits per heavy atom. The number of pyridine rings is 2. The van der Waals surface area contributed by atoms with Crippen molar-refractivity contribution in [3.8, 4) is 11.8 Å². The van der Waals surface area contributed by atoms with Crippen LogP contribution in [0.25, 0.3) is 0 Å². The molecule has 0 amide bonds. The van der Waals surface area contributed by atoms with Gasteiger partial charge in [0.05, 0.1) is 18.3 Å². The monoisotopic (exact) mass is 413 g/mol. The Morgan fingerprint density at radius 3 is 2.85 bits per heavy atom. The molecule has 0 atom stereocenters. The summed E-state index contributed by atoms with van der Waals surface area (Å²) in [5.74, 6) is 2.42. The molecule has 0 fully saturated rings. The second kappa shape index (κ2) is 8.31. The SMILES string of the molecule is Cc1cc(Nc2ccc(C#N)c(NCCOc3ccc(Br)nc3)n2)n[nH]1. The summed E-state index contributed by atoms with van der Waals surface area (Å²) in [5, 5.41) is 22.4. The maximum Gasteiger partial charge on any atom is 0.153 e. The predicted octanol–water partition coefficient (Wildman–Crippen LogP) is 3.38. The van der Waals surface area contributed by atoms with E-state index < -0.39 is 0 Å². The molecule has 0 spiro atoms. The summed E-state index contributed by atoms with van der Waals surface area (Å²) in [6, 6.07) is 11.1. The van der Waals surface area contributed by atoms with Crippen molar-refractivity contribution in [1.29, 1.82) is 5.26 Å². The molecule has 0 bridgehead atoms. The van der Waals surface area contributed by atoms with Gasteiger partial charge in [0.25, 0.3) is 0 Å². The van der Waals surface area contributed by atoms with E-state index in [1.807, 2.05) is 25.1 Å². The van der Waals surface area contributed by atoms with Crippen LogP contribution < -0.4 is 15.4 Å². The molecule has 9 heteroatoms. The van der Waals surface area contributed by atoms with Crippen molar-refractivity contribution < 1.29 is 4.74 Å². The fourth-order valence-electron chi connectivity index (χ4n) is 2.15. The van der Waals surface area contributed by atoms with E-state index in [9.17, 15) is 5.26 Å². The molecule has 0 radical (unpaired) electrons. The number of nitrogens with one attached hydrogen (secondary N) is 3. The van der Waals surface area contributed by atoms with Crippen molar-refractivity contribution in [3.63, 3.8) is 0 Å². The molecule has 3 rings (SSSR count). The van der Waals surface area contributed by atoms with Gasteiger partial charge in [0.2, 0.25) is 0 Å². The number of aromatic nitrogens is 4. The first kappa shape index (κ1) is 17.7. The molecule has 0 aliphatic rings. The lowest BCUT2D eigenvalue weighted by atomic mass is 10.2. The zero-order chi connectivity index (χ0) is 18.4. The van der Waals surface area contributed by atoms with Gasteiger partial charge in [-0.3, -0.25) is 5.10 Å². The number of aromatic amines is 1. The molecular weight excluding hydrogens is 398 g/mol. The molecule has 8 nitrogen and oxygen atoms in total. The molecule has 3 aromatic rings. The van der Waals surface area contributed by atoms with Crippen LogP contribution in [0.3, 0.4) is 0 Å². The highest BCUT2D eigenvalue weighted by Gasteiger charge is 2.07. The fourth-order valence-corrected chi connectivity index (χ4v) is 2.39. The highest BCUT2D eigenvalue weighted by Crippen LogP contribution is 2.19. The normalized spacial score (nSPS) is 10.2. The van der Waals surface area contributed by atoms with Gasteiger partial charge in [-0.25, -0.2) is 9.97 Å². The first-order valence-corrected chi connectivity index (χ1v) is 8.62. The van der Waals surface area contributed by atoms with Crippen LogP contribution in [0.5, 0.6) is 5.75 Å². The minimum absolute atomic E-state index is 0.409. The van der Waals surface area contributed by atoms with Gasteiger partial charge in [-0.2, -0.15) is 10.4 Å². The molecule has 0 aliphatic heterocycles. The summed E-state index contributed by atoms with van der Waals surface area (Å²) in [5.41, 5.74) is 1.40. The van der Waals surface area contributed by atoms with E-state index >= 15 is 0 Å². The minimum Gasteiger partial charge on any atom is -0.490 e. The second-order valence-corrected chi connectivity index (χ2v) is 6.17. The van der Waals surface area contributed by atoms with Crippen molar-refractivity contribution in [3.05, 3.63) is 52.4 Å². The van der Waals surface area contributed by atoms with Gasteiger partial charge >= 0.3 is 0 Å². The van der Waals surface area contributed by atoms with E-state index in [4.69, 9.17) is 4.74 Å². The lowest BCUT2D eigenvalue weighted by molar-refractivity contribution is 0.331. The van der Waals surface area contributed by atoms with Crippen molar-refractivity contribution in [2.24, 2.45) is 0 Å². The summed E-state index contributed by atoms with van der Waals surface area (Å²) in [6.45, 7) is 2.81. The van der Waals surface area contributed by atoms with E-state index in [1.54, 1.807) is 18.3 Å². The first-order valence-electron chi connectivity index (χ1n) is 7.82. The number of anilines is 3. The number of H-pyrrole nitrogens is 1. The van der Waals surface area contributed by atoms with Crippen molar-refractivity contribution >= 4 is 33.4 Å². The average Bonchev–Trinajstić information content (AvgIpc) is 3.05. The highest BCUT2D eigenvalue weighted by molar-refractivity contribution is 9.10. The van der Waals surface area contributed by atoms with E-state index in [0.717, 1.165) is 10.3 Å². The number of nitrogens with zero attached hydrogens (tertiary/aromatic N) is 4. The third-order valence-electron chi connectivity index (χ3n) is 3.34. The number of rotatable bonds is 7. The number of halogens is 1. The molecule has 0 unspecified atom stereocenters. The van der Waals surface area contributed by atoms with Gasteiger partial charge in [-0.15, -0.1) is 0 Å². The molecule has 0 aromatic carbocycles. The molecule has 26 heavy (non-hydrogen) atoms. The Morgan fingerprint density at radius 2 is 2.15 bits per heavy atom. The van der Waals surface area contributed by atoms with E-state index in [1.165, 1.54) is 0 Å². The Hall–Kier alpha value is -3.12. The molecule has 3 N–H and O–H groups in total. The third kappa shape index (κ3) is 4.70. The summed E-state index contributed by atoms with van der Waals surface area (Å²) in [6.07, 6.45) is 1.64. The van der Waals surface area contributed by atoms with Gasteiger partial charge < -0.3 is 15.4 Å².